The first kappa shape index (κ1) is 70.9. The van der Waals surface area contributed by atoms with Gasteiger partial charge in [-0.25, -0.2) is 9.59 Å². The Morgan fingerprint density at radius 1 is 0.533 bits per heavy atom. The third kappa shape index (κ3) is 11.5. The van der Waals surface area contributed by atoms with Gasteiger partial charge in [-0.2, -0.15) is 0 Å². The number of carbonyl (C=O) groups excluding carboxylic acids is 7. The van der Waals surface area contributed by atoms with Crippen LogP contribution in [-0.4, -0.2) is 164 Å². The van der Waals surface area contributed by atoms with Crippen molar-refractivity contribution in [1.29, 1.82) is 0 Å². The first-order valence-electron chi connectivity index (χ1n) is 32.3. The van der Waals surface area contributed by atoms with Crippen molar-refractivity contribution < 1.29 is 95.6 Å². The average Bonchev–Trinajstić information content (AvgIpc) is 0.676. The molecule has 506 valence electrons. The molecule has 0 aromatic heterocycles. The lowest BCUT2D eigenvalue weighted by Gasteiger charge is -2.69. The molecular formula is C70H98O20Si2. The van der Waals surface area contributed by atoms with Crippen LogP contribution in [0, 0.1) is 45.3 Å². The lowest BCUT2D eigenvalue weighted by atomic mass is 9.43. The van der Waals surface area contributed by atoms with Gasteiger partial charge in [0.25, 0.3) is 0 Å². The number of esters is 6. The molecule has 19 unspecified atom stereocenters. The number of Topliss-reactive ketones (excluding diaryl/α,β-unsaturated/α-hetero) is 1. The monoisotopic (exact) mass is 1310 g/mol. The smallest absolute Gasteiger partial charge is 0.338 e. The zero-order valence-electron chi connectivity index (χ0n) is 57.3. The van der Waals surface area contributed by atoms with Gasteiger partial charge in [0.05, 0.1) is 48.4 Å². The molecule has 8 aliphatic rings. The summed E-state index contributed by atoms with van der Waals surface area (Å²) in [5, 5.41) is 39.3. The van der Waals surface area contributed by atoms with Gasteiger partial charge in [0.15, 0.2) is 33.9 Å². The second kappa shape index (κ2) is 24.3. The molecule has 19 atom stereocenters. The SMILES string of the molecule is CC(=O)OC1C(=O)C2=C(C)C(O[Si](C)(C)C)CC(O)(C(OC(=O)c3ccccc3)C3C4(OC(C)=O)COC4CC(C)C13C)C2(C)C.CC(=O)OC1C(O)C2=C(C)C(O[Si](C)(C)C)CC(O)(C(OC(=O)c3ccccc3)C3C4(OC(C)=O)COC4CC(C)C13C)C2(C)C. The summed E-state index contributed by atoms with van der Waals surface area (Å²) in [5.41, 5.74) is -8.75. The summed E-state index contributed by atoms with van der Waals surface area (Å²) in [7, 11) is -4.50. The number of carbonyl (C=O) groups is 7. The quantitative estimate of drug-likeness (QED) is 0.0772. The molecule has 20 nitrogen and oxygen atoms in total. The Balaban J connectivity index is 0.000000217. The van der Waals surface area contributed by atoms with Crippen LogP contribution in [0.15, 0.2) is 83.0 Å². The Bertz CT molecular complexity index is 3310. The van der Waals surface area contributed by atoms with Crippen LogP contribution >= 0.6 is 0 Å². The molecule has 4 bridgehead atoms. The van der Waals surface area contributed by atoms with Crippen molar-refractivity contribution >= 4 is 58.2 Å². The standard InChI is InChI=1S/C35H50O10Si.C35H48O10Si/c2*1-19-16-25-34(18-41-25,44-22(4)37)28-30(43-31(39)23-14-12-11-13-15-23)35(40)17-24(45-46(8,9)10)20(2)26(32(35,5)6)27(38)29(33(19,28)7)42-21(3)36/h11-15,19,24-25,27-30,38,40H,16-18H2,1-10H3;11-15,19,24-25,28-30,40H,16-18H2,1-10H3. The summed E-state index contributed by atoms with van der Waals surface area (Å²) in [5.74, 6) is -6.83. The highest BCUT2D eigenvalue weighted by atomic mass is 28.4. The molecule has 2 saturated heterocycles. The van der Waals surface area contributed by atoms with E-state index in [1.807, 2.05) is 94.7 Å². The van der Waals surface area contributed by atoms with Crippen molar-refractivity contribution in [2.24, 2.45) is 45.3 Å². The maximum atomic E-state index is 15.1. The normalized spacial score (nSPS) is 39.1. The van der Waals surface area contributed by atoms with E-state index in [9.17, 15) is 44.1 Å². The Hall–Kier alpha value is -5.44. The van der Waals surface area contributed by atoms with Gasteiger partial charge >= 0.3 is 35.8 Å². The minimum Gasteiger partial charge on any atom is -0.459 e. The van der Waals surface area contributed by atoms with E-state index in [0.717, 1.165) is 5.57 Å². The van der Waals surface area contributed by atoms with Crippen LogP contribution in [0.3, 0.4) is 0 Å². The highest BCUT2D eigenvalue weighted by Gasteiger charge is 2.80. The number of hydrogen-bond donors (Lipinski definition) is 3. The van der Waals surface area contributed by atoms with Gasteiger partial charge < -0.3 is 62.1 Å². The van der Waals surface area contributed by atoms with E-state index in [1.165, 1.54) is 27.7 Å². The molecule has 4 saturated carbocycles. The van der Waals surface area contributed by atoms with Crippen LogP contribution in [0.2, 0.25) is 39.3 Å². The number of fused-ring (bicyclic) bond motifs is 10. The van der Waals surface area contributed by atoms with Crippen molar-refractivity contribution in [3.63, 3.8) is 0 Å². The van der Waals surface area contributed by atoms with Crippen LogP contribution in [-0.2, 0) is 70.7 Å². The third-order valence-electron chi connectivity index (χ3n) is 22.5. The fraction of sp³-hybridized carbons (Fsp3) is 0.671. The van der Waals surface area contributed by atoms with Gasteiger partial charge in [-0.3, -0.25) is 24.0 Å². The first-order chi connectivity index (χ1) is 42.4. The lowest BCUT2D eigenvalue weighted by molar-refractivity contribution is -0.358. The van der Waals surface area contributed by atoms with Crippen LogP contribution in [0.5, 0.6) is 0 Å². The van der Waals surface area contributed by atoms with Crippen LogP contribution in [0.4, 0.5) is 0 Å². The number of benzene rings is 2. The second-order valence-corrected chi connectivity index (χ2v) is 39.9. The zero-order chi connectivity index (χ0) is 68.4. The summed E-state index contributed by atoms with van der Waals surface area (Å²) in [6.07, 6.45) is -8.15. The number of hydrogen-bond acceptors (Lipinski definition) is 20. The van der Waals surface area contributed by atoms with Gasteiger partial charge in [-0.1, -0.05) is 91.8 Å². The molecule has 0 spiro atoms. The highest BCUT2D eigenvalue weighted by Crippen LogP contribution is 2.69. The fourth-order valence-electron chi connectivity index (χ4n) is 17.9. The summed E-state index contributed by atoms with van der Waals surface area (Å²) in [6, 6.07) is 17.0. The number of rotatable bonds is 12. The minimum atomic E-state index is -2.26. The molecule has 92 heavy (non-hydrogen) atoms. The largest absolute Gasteiger partial charge is 0.459 e. The van der Waals surface area contributed by atoms with Gasteiger partial charge in [-0.15, -0.1) is 0 Å². The van der Waals surface area contributed by atoms with Crippen molar-refractivity contribution in [3.8, 4) is 0 Å². The van der Waals surface area contributed by atoms with Gasteiger partial charge in [-0.05, 0) is 119 Å². The molecular weight excluding hydrogens is 1220 g/mol. The van der Waals surface area contributed by atoms with Crippen molar-refractivity contribution in [1.82, 2.24) is 0 Å². The highest BCUT2D eigenvalue weighted by molar-refractivity contribution is 6.70. The predicted octanol–water partition coefficient (Wildman–Crippen LogP) is 9.37. The maximum absolute atomic E-state index is 15.1. The van der Waals surface area contributed by atoms with E-state index in [1.54, 1.807) is 74.5 Å². The van der Waals surface area contributed by atoms with Gasteiger partial charge in [0, 0.05) is 67.8 Å². The predicted molar refractivity (Wildman–Crippen MR) is 341 cm³/mol. The van der Waals surface area contributed by atoms with Crippen LogP contribution in [0.1, 0.15) is 143 Å². The molecule has 2 aromatic rings. The molecule has 6 fully saturated rings. The number of ketones is 1. The van der Waals surface area contributed by atoms with Gasteiger partial charge in [0.2, 0.25) is 5.78 Å². The van der Waals surface area contributed by atoms with Crippen molar-refractivity contribution in [2.75, 3.05) is 13.2 Å². The van der Waals surface area contributed by atoms with E-state index in [4.69, 9.17) is 46.7 Å². The number of aliphatic hydroxyl groups excluding tert-OH is 1. The molecule has 2 aliphatic heterocycles. The summed E-state index contributed by atoms with van der Waals surface area (Å²) >= 11 is 0. The van der Waals surface area contributed by atoms with E-state index >= 15 is 4.79 Å². The first-order valence-corrected chi connectivity index (χ1v) is 39.2. The van der Waals surface area contributed by atoms with E-state index in [0.29, 0.717) is 24.0 Å². The second-order valence-electron chi connectivity index (χ2n) is 31.0. The topological polar surface area (TPSA) is 272 Å². The minimum absolute atomic E-state index is 0.0143. The van der Waals surface area contributed by atoms with E-state index in [-0.39, 0.29) is 54.6 Å². The van der Waals surface area contributed by atoms with Crippen LogP contribution in [0.25, 0.3) is 0 Å². The molecule has 10 rings (SSSR count). The maximum Gasteiger partial charge on any atom is 0.338 e. The third-order valence-corrected chi connectivity index (χ3v) is 24.5. The molecule has 2 heterocycles. The number of aliphatic hydroxyl groups is 3. The summed E-state index contributed by atoms with van der Waals surface area (Å²) < 4.78 is 63.0. The fourth-order valence-corrected chi connectivity index (χ4v) is 20.1. The number of ether oxygens (including phenoxy) is 8. The molecule has 6 aliphatic carbocycles. The average molecular weight is 1320 g/mol. The van der Waals surface area contributed by atoms with Gasteiger partial charge in [0.1, 0.15) is 47.8 Å². The molecule has 0 radical (unpaired) electrons. The Morgan fingerprint density at radius 2 is 0.924 bits per heavy atom. The van der Waals surface area contributed by atoms with E-state index in [2.05, 4.69) is 0 Å². The Kier molecular flexibility index (Phi) is 18.7. The molecule has 22 heteroatoms. The Labute approximate surface area is 543 Å². The molecule has 0 amide bonds. The summed E-state index contributed by atoms with van der Waals surface area (Å²) in [6.45, 7) is 35.7. The lowest BCUT2D eigenvalue weighted by Crippen LogP contribution is -2.81. The Morgan fingerprint density at radius 3 is 1.30 bits per heavy atom. The van der Waals surface area contributed by atoms with E-state index < -0.39 is 169 Å². The molecule has 3 N–H and O–H groups in total. The zero-order valence-corrected chi connectivity index (χ0v) is 59.3. The van der Waals surface area contributed by atoms with Crippen LogP contribution < -0.4 is 0 Å². The van der Waals surface area contributed by atoms with Crippen molar-refractivity contribution in [2.45, 2.75) is 239 Å². The molecule has 2 aromatic carbocycles. The van der Waals surface area contributed by atoms with Crippen molar-refractivity contribution in [3.05, 3.63) is 94.1 Å². The summed E-state index contributed by atoms with van der Waals surface area (Å²) in [4.78, 5) is 94.6.